The molecule has 1 rings (SSSR count). The lowest BCUT2D eigenvalue weighted by molar-refractivity contribution is 0.398. The second kappa shape index (κ2) is 5.02. The zero-order chi connectivity index (χ0) is 14.2. The molecule has 0 atom stereocenters. The first kappa shape index (κ1) is 15.2. The maximum atomic E-state index is 13.3. The van der Waals surface area contributed by atoms with Crippen LogP contribution in [0.5, 0.6) is 0 Å². The van der Waals surface area contributed by atoms with Crippen molar-refractivity contribution in [2.45, 2.75) is 11.8 Å². The highest BCUT2D eigenvalue weighted by molar-refractivity contribution is 8.13. The summed E-state index contributed by atoms with van der Waals surface area (Å²) in [7, 11) is -0.0739. The third kappa shape index (κ3) is 2.76. The molecule has 0 bridgehead atoms. The lowest BCUT2D eigenvalue weighted by Gasteiger charge is -2.07. The Balaban J connectivity index is 3.95. The highest BCUT2D eigenvalue weighted by Gasteiger charge is 2.32. The van der Waals surface area contributed by atoms with E-state index in [0.717, 1.165) is 6.92 Å². The molecule has 0 saturated carbocycles. The van der Waals surface area contributed by atoms with Gasteiger partial charge in [0.2, 0.25) is 0 Å². The molecule has 0 aliphatic heterocycles. The first-order chi connectivity index (χ1) is 8.07. The van der Waals surface area contributed by atoms with E-state index in [1.165, 1.54) is 0 Å². The van der Waals surface area contributed by atoms with Crippen LogP contribution in [0.2, 0.25) is 0 Å². The molecule has 1 aromatic carbocycles. The van der Waals surface area contributed by atoms with Crippen molar-refractivity contribution in [3.05, 3.63) is 23.3 Å². The van der Waals surface area contributed by atoms with Crippen LogP contribution < -0.4 is 0 Å². The summed E-state index contributed by atoms with van der Waals surface area (Å²) in [5.74, 6) is -8.69. The van der Waals surface area contributed by atoms with Gasteiger partial charge < -0.3 is 0 Å². The Morgan fingerprint density at radius 1 is 1.06 bits per heavy atom. The van der Waals surface area contributed by atoms with Crippen LogP contribution in [0.15, 0.2) is 9.89 Å². The van der Waals surface area contributed by atoms with Gasteiger partial charge in [0.1, 0.15) is 15.8 Å². The van der Waals surface area contributed by atoms with Gasteiger partial charge >= 0.3 is 0 Å². The molecule has 0 spiro atoms. The average Bonchev–Trinajstić information content (AvgIpc) is 2.20. The van der Waals surface area contributed by atoms with Crippen LogP contribution in [0.4, 0.5) is 23.2 Å². The Kier molecular flexibility index (Phi) is 4.24. The van der Waals surface area contributed by atoms with Crippen molar-refractivity contribution in [2.24, 2.45) is 4.99 Å². The standard InChI is InChI=1S/C8H3Cl2F4NO2S/c1-2(9)15-7-5(13)3(11)4(12)6(14)8(7)18(10,16)17/h1H3. The van der Waals surface area contributed by atoms with Crippen LogP contribution in [0, 0.1) is 23.3 Å². The Labute approximate surface area is 108 Å². The number of halogens is 6. The molecule has 0 saturated heterocycles. The molecule has 0 aliphatic rings. The molecule has 0 fully saturated rings. The van der Waals surface area contributed by atoms with Crippen LogP contribution in [0.1, 0.15) is 6.92 Å². The first-order valence-corrected chi connectivity index (χ1v) is 6.77. The van der Waals surface area contributed by atoms with Gasteiger partial charge in [-0.25, -0.2) is 31.0 Å². The van der Waals surface area contributed by atoms with E-state index in [2.05, 4.69) is 4.99 Å². The third-order valence-electron chi connectivity index (χ3n) is 1.71. The monoisotopic (exact) mass is 323 g/mol. The number of hydrogen-bond donors (Lipinski definition) is 0. The fraction of sp³-hybridized carbons (Fsp3) is 0.125. The smallest absolute Gasteiger partial charge is 0.237 e. The minimum Gasteiger partial charge on any atom is -0.237 e. The zero-order valence-electron chi connectivity index (χ0n) is 8.44. The van der Waals surface area contributed by atoms with Crippen LogP contribution in [0.3, 0.4) is 0 Å². The minimum absolute atomic E-state index is 0.430. The van der Waals surface area contributed by atoms with Gasteiger partial charge in [-0.05, 0) is 6.92 Å². The molecular formula is C8H3Cl2F4NO2S. The van der Waals surface area contributed by atoms with E-state index in [1.54, 1.807) is 0 Å². The van der Waals surface area contributed by atoms with Gasteiger partial charge in [0.25, 0.3) is 9.05 Å². The maximum Gasteiger partial charge on any atom is 0.266 e. The number of aliphatic imine (C=N–C) groups is 1. The zero-order valence-corrected chi connectivity index (χ0v) is 10.8. The highest BCUT2D eigenvalue weighted by Crippen LogP contribution is 2.36. The lowest BCUT2D eigenvalue weighted by atomic mass is 10.2. The Morgan fingerprint density at radius 2 is 1.50 bits per heavy atom. The Morgan fingerprint density at radius 3 is 1.89 bits per heavy atom. The fourth-order valence-corrected chi connectivity index (χ4v) is 2.25. The first-order valence-electron chi connectivity index (χ1n) is 4.08. The minimum atomic E-state index is -4.89. The molecule has 100 valence electrons. The number of benzene rings is 1. The van der Waals surface area contributed by atoms with E-state index in [9.17, 15) is 26.0 Å². The van der Waals surface area contributed by atoms with Crippen molar-refractivity contribution in [3.63, 3.8) is 0 Å². The summed E-state index contributed by atoms with van der Waals surface area (Å²) in [5, 5.41) is -0.430. The summed E-state index contributed by atoms with van der Waals surface area (Å²) in [6, 6.07) is 0. The molecule has 0 unspecified atom stereocenters. The molecule has 0 N–H and O–H groups in total. The topological polar surface area (TPSA) is 46.5 Å². The molecule has 0 aliphatic carbocycles. The van der Waals surface area contributed by atoms with Crippen molar-refractivity contribution in [1.29, 1.82) is 0 Å². The summed E-state index contributed by atoms with van der Waals surface area (Å²) in [6.45, 7) is 1.09. The Bertz CT molecular complexity index is 641. The molecule has 0 amide bonds. The van der Waals surface area contributed by atoms with Gasteiger partial charge in [-0.1, -0.05) is 11.6 Å². The Hall–Kier alpha value is -0.860. The van der Waals surface area contributed by atoms with Gasteiger partial charge in [-0.3, -0.25) is 0 Å². The molecule has 3 nitrogen and oxygen atoms in total. The van der Waals surface area contributed by atoms with E-state index in [0.29, 0.717) is 0 Å². The van der Waals surface area contributed by atoms with Gasteiger partial charge in [-0.15, -0.1) is 0 Å². The second-order valence-corrected chi connectivity index (χ2v) is 6.03. The summed E-state index contributed by atoms with van der Waals surface area (Å²) < 4.78 is 74.5. The number of rotatable bonds is 2. The van der Waals surface area contributed by atoms with E-state index in [1.807, 2.05) is 0 Å². The quantitative estimate of drug-likeness (QED) is 0.275. The van der Waals surface area contributed by atoms with Gasteiger partial charge in [0.15, 0.2) is 23.3 Å². The molecule has 18 heavy (non-hydrogen) atoms. The highest BCUT2D eigenvalue weighted by atomic mass is 35.7. The summed E-state index contributed by atoms with van der Waals surface area (Å²) in [4.78, 5) is 1.47. The van der Waals surface area contributed by atoms with Crippen LogP contribution >= 0.6 is 22.3 Å². The van der Waals surface area contributed by atoms with Crippen LogP contribution in [-0.2, 0) is 9.05 Å². The molecule has 0 radical (unpaired) electrons. The average molecular weight is 324 g/mol. The predicted molar refractivity (Wildman–Crippen MR) is 57.9 cm³/mol. The number of nitrogens with zero attached hydrogens (tertiary/aromatic N) is 1. The van der Waals surface area contributed by atoms with Gasteiger partial charge in [0, 0.05) is 10.7 Å². The molecule has 1 aromatic rings. The second-order valence-electron chi connectivity index (χ2n) is 2.98. The van der Waals surface area contributed by atoms with Crippen molar-refractivity contribution < 1.29 is 26.0 Å². The summed E-state index contributed by atoms with van der Waals surface area (Å²) >= 11 is 5.26. The van der Waals surface area contributed by atoms with E-state index in [4.69, 9.17) is 22.3 Å². The predicted octanol–water partition coefficient (Wildman–Crippen LogP) is 3.46. The number of hydrogen-bond acceptors (Lipinski definition) is 3. The molecule has 0 heterocycles. The van der Waals surface area contributed by atoms with Crippen LogP contribution in [0.25, 0.3) is 0 Å². The van der Waals surface area contributed by atoms with Crippen molar-refractivity contribution in [1.82, 2.24) is 0 Å². The van der Waals surface area contributed by atoms with Crippen LogP contribution in [-0.4, -0.2) is 13.6 Å². The van der Waals surface area contributed by atoms with Gasteiger partial charge in [0.05, 0.1) is 0 Å². The van der Waals surface area contributed by atoms with Crippen molar-refractivity contribution >= 4 is 42.2 Å². The third-order valence-corrected chi connectivity index (χ3v) is 3.12. The summed E-state index contributed by atoms with van der Waals surface area (Å²) in [6.07, 6.45) is 0. The van der Waals surface area contributed by atoms with Crippen molar-refractivity contribution in [3.8, 4) is 0 Å². The SMILES string of the molecule is CC(Cl)=Nc1c(F)c(F)c(F)c(F)c1S(=O)(=O)Cl. The molecule has 0 aromatic heterocycles. The largest absolute Gasteiger partial charge is 0.266 e. The van der Waals surface area contributed by atoms with Gasteiger partial charge in [-0.2, -0.15) is 0 Å². The molecule has 10 heteroatoms. The summed E-state index contributed by atoms with van der Waals surface area (Å²) in [5.41, 5.74) is -1.33. The molecular weight excluding hydrogens is 321 g/mol. The fourth-order valence-electron chi connectivity index (χ4n) is 1.08. The van der Waals surface area contributed by atoms with Crippen molar-refractivity contribution in [2.75, 3.05) is 0 Å². The normalized spacial score (nSPS) is 12.9. The van der Waals surface area contributed by atoms with E-state index >= 15 is 0 Å². The maximum absolute atomic E-state index is 13.3. The van der Waals surface area contributed by atoms with E-state index in [-0.39, 0.29) is 0 Å². The van der Waals surface area contributed by atoms with E-state index < -0.39 is 48.1 Å². The lowest BCUT2D eigenvalue weighted by Crippen LogP contribution is -2.05.